The average molecular weight is 282 g/mol. The molecule has 19 heavy (non-hydrogen) atoms. The molecule has 1 rings (SSSR count). The van der Waals surface area contributed by atoms with E-state index in [9.17, 15) is 4.79 Å². The first kappa shape index (κ1) is 15.9. The lowest BCUT2D eigenvalue weighted by Crippen LogP contribution is -2.35. The van der Waals surface area contributed by atoms with Crippen LogP contribution in [0.2, 0.25) is 0 Å². The molecule has 1 aromatic heterocycles. The number of rotatable bonds is 7. The highest BCUT2D eigenvalue weighted by Gasteiger charge is 2.13. The molecule has 1 aromatic rings. The second-order valence-corrected chi connectivity index (χ2v) is 5.76. The van der Waals surface area contributed by atoms with Gasteiger partial charge in [-0.3, -0.25) is 9.69 Å². The largest absolute Gasteiger partial charge is 0.395 e. The van der Waals surface area contributed by atoms with Crippen LogP contribution < -0.4 is 5.32 Å². The molecule has 2 N–H and O–H groups in total. The fourth-order valence-electron chi connectivity index (χ4n) is 1.79. The number of aliphatic hydroxyl groups excluding tert-OH is 1. The standard InChI is InChI=1S/C14H22N2O2S/c1-5-6-16(7-8-17)9-13(18)15-14-11(3)10(2)12(4)19-14/h5,17H,1,6-9H2,2-4H3,(H,15,18). The first-order valence-corrected chi connectivity index (χ1v) is 7.11. The van der Waals surface area contributed by atoms with Gasteiger partial charge in [-0.1, -0.05) is 6.08 Å². The lowest BCUT2D eigenvalue weighted by atomic mass is 10.2. The van der Waals surface area contributed by atoms with Crippen molar-refractivity contribution in [3.8, 4) is 0 Å². The summed E-state index contributed by atoms with van der Waals surface area (Å²) in [5.41, 5.74) is 2.37. The van der Waals surface area contributed by atoms with E-state index in [4.69, 9.17) is 5.11 Å². The van der Waals surface area contributed by atoms with E-state index in [1.807, 2.05) is 11.8 Å². The fraction of sp³-hybridized carbons (Fsp3) is 0.500. The number of hydrogen-bond acceptors (Lipinski definition) is 4. The summed E-state index contributed by atoms with van der Waals surface area (Å²) in [6.07, 6.45) is 1.73. The lowest BCUT2D eigenvalue weighted by molar-refractivity contribution is -0.117. The van der Waals surface area contributed by atoms with E-state index in [0.29, 0.717) is 13.1 Å². The molecule has 5 heteroatoms. The predicted molar refractivity (Wildman–Crippen MR) is 80.9 cm³/mol. The van der Waals surface area contributed by atoms with Gasteiger partial charge in [0.25, 0.3) is 0 Å². The average Bonchev–Trinajstić information content (AvgIpc) is 2.57. The van der Waals surface area contributed by atoms with Crippen molar-refractivity contribution in [1.29, 1.82) is 0 Å². The second kappa shape index (κ2) is 7.43. The maximum Gasteiger partial charge on any atom is 0.239 e. The molecule has 0 aromatic carbocycles. The molecule has 0 saturated carbocycles. The van der Waals surface area contributed by atoms with E-state index in [2.05, 4.69) is 25.7 Å². The van der Waals surface area contributed by atoms with Crippen LogP contribution in [0.15, 0.2) is 12.7 Å². The van der Waals surface area contributed by atoms with Crippen LogP contribution in [0.5, 0.6) is 0 Å². The van der Waals surface area contributed by atoms with Crippen molar-refractivity contribution >= 4 is 22.2 Å². The number of hydrogen-bond donors (Lipinski definition) is 2. The van der Waals surface area contributed by atoms with Gasteiger partial charge in [0.2, 0.25) is 5.91 Å². The van der Waals surface area contributed by atoms with Gasteiger partial charge in [0, 0.05) is 18.0 Å². The van der Waals surface area contributed by atoms with Crippen LogP contribution in [0.25, 0.3) is 0 Å². The SMILES string of the molecule is C=CCN(CCO)CC(=O)Nc1sc(C)c(C)c1C. The third kappa shape index (κ3) is 4.45. The van der Waals surface area contributed by atoms with Gasteiger partial charge in [-0.05, 0) is 31.9 Å². The van der Waals surface area contributed by atoms with Gasteiger partial charge < -0.3 is 10.4 Å². The summed E-state index contributed by atoms with van der Waals surface area (Å²) in [7, 11) is 0. The zero-order valence-corrected chi connectivity index (χ0v) is 12.6. The molecule has 0 unspecified atom stereocenters. The van der Waals surface area contributed by atoms with Crippen LogP contribution in [0.4, 0.5) is 5.00 Å². The minimum Gasteiger partial charge on any atom is -0.395 e. The zero-order valence-electron chi connectivity index (χ0n) is 11.8. The summed E-state index contributed by atoms with van der Waals surface area (Å²) < 4.78 is 0. The Labute approximate surface area is 118 Å². The summed E-state index contributed by atoms with van der Waals surface area (Å²) in [6, 6.07) is 0. The molecule has 0 aliphatic heterocycles. The molecule has 0 radical (unpaired) electrons. The molecule has 0 bridgehead atoms. The van der Waals surface area contributed by atoms with E-state index in [1.165, 1.54) is 10.4 Å². The van der Waals surface area contributed by atoms with Crippen molar-refractivity contribution < 1.29 is 9.90 Å². The molecule has 1 heterocycles. The smallest absolute Gasteiger partial charge is 0.239 e. The number of thiophene rings is 1. The number of amides is 1. The molecule has 0 aliphatic rings. The van der Waals surface area contributed by atoms with Crippen molar-refractivity contribution in [2.75, 3.05) is 31.6 Å². The predicted octanol–water partition coefficient (Wildman–Crippen LogP) is 2.09. The lowest BCUT2D eigenvalue weighted by Gasteiger charge is -2.18. The molecule has 0 saturated heterocycles. The van der Waals surface area contributed by atoms with Gasteiger partial charge in [-0.15, -0.1) is 17.9 Å². The van der Waals surface area contributed by atoms with Gasteiger partial charge in [-0.2, -0.15) is 0 Å². The Hall–Kier alpha value is -1.17. The first-order valence-electron chi connectivity index (χ1n) is 6.30. The normalized spacial score (nSPS) is 10.8. The van der Waals surface area contributed by atoms with Crippen molar-refractivity contribution in [2.24, 2.45) is 0 Å². The number of nitrogens with one attached hydrogen (secondary N) is 1. The van der Waals surface area contributed by atoms with Crippen molar-refractivity contribution in [2.45, 2.75) is 20.8 Å². The monoisotopic (exact) mass is 282 g/mol. The minimum atomic E-state index is -0.0559. The van der Waals surface area contributed by atoms with Crippen LogP contribution >= 0.6 is 11.3 Å². The Bertz CT molecular complexity index is 455. The van der Waals surface area contributed by atoms with Gasteiger partial charge in [0.1, 0.15) is 0 Å². The molecule has 106 valence electrons. The number of carbonyl (C=O) groups is 1. The van der Waals surface area contributed by atoms with E-state index in [1.54, 1.807) is 17.4 Å². The number of carbonyl (C=O) groups excluding carboxylic acids is 1. The first-order chi connectivity index (χ1) is 8.99. The molecule has 0 spiro atoms. The van der Waals surface area contributed by atoms with E-state index in [-0.39, 0.29) is 19.1 Å². The van der Waals surface area contributed by atoms with Gasteiger partial charge in [-0.25, -0.2) is 0 Å². The highest BCUT2D eigenvalue weighted by atomic mass is 32.1. The summed E-state index contributed by atoms with van der Waals surface area (Å²) >= 11 is 1.60. The van der Waals surface area contributed by atoms with Crippen LogP contribution in [0.3, 0.4) is 0 Å². The summed E-state index contributed by atoms with van der Waals surface area (Å²) in [5, 5.41) is 12.8. The Morgan fingerprint density at radius 3 is 2.58 bits per heavy atom. The van der Waals surface area contributed by atoms with E-state index < -0.39 is 0 Å². The molecule has 4 nitrogen and oxygen atoms in total. The van der Waals surface area contributed by atoms with Crippen LogP contribution in [-0.2, 0) is 4.79 Å². The summed E-state index contributed by atoms with van der Waals surface area (Å²) in [5.74, 6) is -0.0559. The van der Waals surface area contributed by atoms with Crippen LogP contribution in [0, 0.1) is 20.8 Å². The topological polar surface area (TPSA) is 52.6 Å². The quantitative estimate of drug-likeness (QED) is 0.753. The molecule has 0 atom stereocenters. The van der Waals surface area contributed by atoms with E-state index >= 15 is 0 Å². The Morgan fingerprint density at radius 1 is 1.42 bits per heavy atom. The third-order valence-corrected chi connectivity index (χ3v) is 4.33. The maximum absolute atomic E-state index is 12.0. The van der Waals surface area contributed by atoms with Gasteiger partial charge >= 0.3 is 0 Å². The highest BCUT2D eigenvalue weighted by Crippen LogP contribution is 2.31. The summed E-state index contributed by atoms with van der Waals surface area (Å²) in [4.78, 5) is 15.1. The zero-order chi connectivity index (χ0) is 14.4. The number of aryl methyl sites for hydroxylation is 1. The minimum absolute atomic E-state index is 0.0391. The molecule has 0 fully saturated rings. The van der Waals surface area contributed by atoms with Crippen LogP contribution in [-0.4, -0.2) is 42.2 Å². The van der Waals surface area contributed by atoms with Crippen molar-refractivity contribution in [1.82, 2.24) is 4.90 Å². The second-order valence-electron chi connectivity index (χ2n) is 4.53. The maximum atomic E-state index is 12.0. The number of anilines is 1. The fourth-order valence-corrected chi connectivity index (χ4v) is 2.87. The van der Waals surface area contributed by atoms with Gasteiger partial charge in [0.15, 0.2) is 0 Å². The Kier molecular flexibility index (Phi) is 6.21. The highest BCUT2D eigenvalue weighted by molar-refractivity contribution is 7.16. The van der Waals surface area contributed by atoms with E-state index in [0.717, 1.165) is 10.6 Å². The summed E-state index contributed by atoms with van der Waals surface area (Å²) in [6.45, 7) is 11.2. The molecule has 1 amide bonds. The molecule has 0 aliphatic carbocycles. The van der Waals surface area contributed by atoms with Gasteiger partial charge in [0.05, 0.1) is 18.2 Å². The Balaban J connectivity index is 2.63. The van der Waals surface area contributed by atoms with Crippen molar-refractivity contribution in [3.63, 3.8) is 0 Å². The molecular weight excluding hydrogens is 260 g/mol. The molecular formula is C14H22N2O2S. The van der Waals surface area contributed by atoms with Crippen molar-refractivity contribution in [3.05, 3.63) is 28.7 Å². The van der Waals surface area contributed by atoms with Crippen LogP contribution in [0.1, 0.15) is 16.0 Å². The Morgan fingerprint density at radius 2 is 2.11 bits per heavy atom. The number of nitrogens with zero attached hydrogens (tertiary/aromatic N) is 1. The number of aliphatic hydroxyl groups is 1. The third-order valence-electron chi connectivity index (χ3n) is 3.11.